The second kappa shape index (κ2) is 5.27. The largest absolute Gasteiger partial charge is 0.548 e. The standard InChI is InChI=1S/C13H11NO4S/c1-8(12(16)17)14-11(15)10(19-13(14)18)7-9-5-3-2-4-6-9/h2-8H,1H3,(H,16,17)/p-1/b10-7-/t8-/m1/s1. The Kier molecular flexibility index (Phi) is 3.71. The van der Waals surface area contributed by atoms with Crippen LogP contribution in [0, 0.1) is 0 Å². The fourth-order valence-corrected chi connectivity index (χ4v) is 2.53. The fourth-order valence-electron chi connectivity index (χ4n) is 1.62. The summed E-state index contributed by atoms with van der Waals surface area (Å²) in [5.41, 5.74) is 0.772. The van der Waals surface area contributed by atoms with Gasteiger partial charge in [-0.25, -0.2) is 0 Å². The van der Waals surface area contributed by atoms with Crippen LogP contribution < -0.4 is 5.11 Å². The molecule has 1 aromatic rings. The molecule has 1 aliphatic rings. The Bertz CT molecular complexity index is 567. The van der Waals surface area contributed by atoms with Crippen LogP contribution in [-0.4, -0.2) is 28.1 Å². The molecule has 98 valence electrons. The van der Waals surface area contributed by atoms with Gasteiger partial charge in [-0.1, -0.05) is 30.3 Å². The molecule has 6 heteroatoms. The number of nitrogens with zero attached hydrogens (tertiary/aromatic N) is 1. The number of carbonyl (C=O) groups excluding carboxylic acids is 3. The summed E-state index contributed by atoms with van der Waals surface area (Å²) in [6.45, 7) is 1.25. The summed E-state index contributed by atoms with van der Waals surface area (Å²) in [5, 5.41) is 10.2. The zero-order chi connectivity index (χ0) is 14.0. The Balaban J connectivity index is 2.28. The number of carbonyl (C=O) groups is 3. The number of thioether (sulfide) groups is 1. The Morgan fingerprint density at radius 1 is 1.32 bits per heavy atom. The van der Waals surface area contributed by atoms with Gasteiger partial charge in [0, 0.05) is 0 Å². The Labute approximate surface area is 113 Å². The van der Waals surface area contributed by atoms with Crippen LogP contribution in [0.5, 0.6) is 0 Å². The second-order valence-electron chi connectivity index (χ2n) is 3.96. The summed E-state index contributed by atoms with van der Waals surface area (Å²) in [6.07, 6.45) is 1.56. The molecule has 0 spiro atoms. The van der Waals surface area contributed by atoms with Gasteiger partial charge in [0.25, 0.3) is 11.1 Å². The van der Waals surface area contributed by atoms with Crippen molar-refractivity contribution in [2.24, 2.45) is 0 Å². The monoisotopic (exact) mass is 276 g/mol. The van der Waals surface area contributed by atoms with Crippen LogP contribution in [0.15, 0.2) is 35.2 Å². The van der Waals surface area contributed by atoms with Gasteiger partial charge in [0.15, 0.2) is 0 Å². The zero-order valence-corrected chi connectivity index (χ0v) is 10.8. The molecule has 1 aliphatic heterocycles. The van der Waals surface area contributed by atoms with Crippen LogP contribution >= 0.6 is 11.8 Å². The first-order chi connectivity index (χ1) is 9.00. The first-order valence-electron chi connectivity index (χ1n) is 5.53. The minimum Gasteiger partial charge on any atom is -0.548 e. The molecule has 1 fully saturated rings. The van der Waals surface area contributed by atoms with Crippen molar-refractivity contribution in [3.05, 3.63) is 40.8 Å². The number of amides is 2. The molecule has 2 amide bonds. The van der Waals surface area contributed by atoms with Crippen molar-refractivity contribution in [2.75, 3.05) is 0 Å². The molecule has 1 aromatic carbocycles. The maximum atomic E-state index is 12.0. The lowest BCUT2D eigenvalue weighted by atomic mass is 10.2. The first kappa shape index (κ1) is 13.4. The van der Waals surface area contributed by atoms with Crippen LogP contribution in [0.25, 0.3) is 6.08 Å². The van der Waals surface area contributed by atoms with Gasteiger partial charge in [-0.15, -0.1) is 0 Å². The average molecular weight is 276 g/mol. The van der Waals surface area contributed by atoms with E-state index in [1.165, 1.54) is 6.92 Å². The van der Waals surface area contributed by atoms with E-state index in [1.54, 1.807) is 30.3 Å². The van der Waals surface area contributed by atoms with Gasteiger partial charge in [-0.3, -0.25) is 14.5 Å². The Morgan fingerprint density at radius 3 is 2.53 bits per heavy atom. The van der Waals surface area contributed by atoms with Crippen molar-refractivity contribution in [1.82, 2.24) is 4.90 Å². The molecule has 0 unspecified atom stereocenters. The number of hydrogen-bond acceptors (Lipinski definition) is 5. The van der Waals surface area contributed by atoms with E-state index in [0.29, 0.717) is 4.90 Å². The molecule has 0 aliphatic carbocycles. The highest BCUT2D eigenvalue weighted by molar-refractivity contribution is 8.18. The van der Waals surface area contributed by atoms with Gasteiger partial charge in [-0.05, 0) is 30.3 Å². The molecular weight excluding hydrogens is 266 g/mol. The number of aliphatic carboxylic acids is 1. The highest BCUT2D eigenvalue weighted by Crippen LogP contribution is 2.33. The molecule has 1 atom stereocenters. The highest BCUT2D eigenvalue weighted by Gasteiger charge is 2.38. The molecular formula is C13H10NO4S-. The van der Waals surface area contributed by atoms with Gasteiger partial charge in [0.2, 0.25) is 0 Å². The predicted molar refractivity (Wildman–Crippen MR) is 68.7 cm³/mol. The molecule has 19 heavy (non-hydrogen) atoms. The van der Waals surface area contributed by atoms with Crippen LogP contribution in [0.3, 0.4) is 0 Å². The van der Waals surface area contributed by atoms with E-state index in [4.69, 9.17) is 0 Å². The van der Waals surface area contributed by atoms with Gasteiger partial charge < -0.3 is 9.90 Å². The maximum absolute atomic E-state index is 12.0. The lowest BCUT2D eigenvalue weighted by molar-refractivity contribution is -0.309. The second-order valence-corrected chi connectivity index (χ2v) is 4.95. The molecule has 1 heterocycles. The third-order valence-corrected chi connectivity index (χ3v) is 3.53. The topological polar surface area (TPSA) is 77.5 Å². The van der Waals surface area contributed by atoms with Crippen molar-refractivity contribution >= 4 is 35.0 Å². The molecule has 0 saturated carbocycles. The van der Waals surface area contributed by atoms with Gasteiger partial charge in [-0.2, -0.15) is 0 Å². The third-order valence-electron chi connectivity index (χ3n) is 2.65. The zero-order valence-electron chi connectivity index (χ0n) is 10.0. The number of carboxylic acid groups (broad SMARTS) is 1. The van der Waals surface area contributed by atoms with Crippen molar-refractivity contribution < 1.29 is 19.5 Å². The number of rotatable bonds is 3. The highest BCUT2D eigenvalue weighted by atomic mass is 32.2. The SMILES string of the molecule is C[C@H](C(=O)[O-])N1C(=O)S/C(=C\c2ccccc2)C1=O. The lowest BCUT2D eigenvalue weighted by Gasteiger charge is -2.21. The Morgan fingerprint density at radius 2 is 1.95 bits per heavy atom. The summed E-state index contributed by atoms with van der Waals surface area (Å²) >= 11 is 0.730. The van der Waals surface area contributed by atoms with Crippen LogP contribution in [0.1, 0.15) is 12.5 Å². The molecule has 1 saturated heterocycles. The van der Waals surface area contributed by atoms with E-state index in [-0.39, 0.29) is 4.91 Å². The van der Waals surface area contributed by atoms with E-state index in [1.807, 2.05) is 6.07 Å². The lowest BCUT2D eigenvalue weighted by Crippen LogP contribution is -2.48. The van der Waals surface area contributed by atoms with Crippen molar-refractivity contribution in [3.63, 3.8) is 0 Å². The molecule has 0 aromatic heterocycles. The summed E-state index contributed by atoms with van der Waals surface area (Å²) in [6, 6.07) is 7.75. The number of hydrogen-bond donors (Lipinski definition) is 0. The van der Waals surface area contributed by atoms with Crippen molar-refractivity contribution in [1.29, 1.82) is 0 Å². The average Bonchev–Trinajstić information content (AvgIpc) is 2.65. The quantitative estimate of drug-likeness (QED) is 0.765. The van der Waals surface area contributed by atoms with Gasteiger partial charge in [0.1, 0.15) is 0 Å². The van der Waals surface area contributed by atoms with E-state index < -0.39 is 23.2 Å². The van der Waals surface area contributed by atoms with E-state index in [0.717, 1.165) is 17.3 Å². The smallest absolute Gasteiger partial charge is 0.294 e. The van der Waals surface area contributed by atoms with E-state index in [2.05, 4.69) is 0 Å². The summed E-state index contributed by atoms with van der Waals surface area (Å²) in [4.78, 5) is 35.3. The molecule has 2 rings (SSSR count). The van der Waals surface area contributed by atoms with Crippen LogP contribution in [0.4, 0.5) is 4.79 Å². The summed E-state index contributed by atoms with van der Waals surface area (Å²) in [7, 11) is 0. The normalized spacial score (nSPS) is 19.0. The number of imide groups is 1. The molecule has 0 bridgehead atoms. The van der Waals surface area contributed by atoms with E-state index in [9.17, 15) is 19.5 Å². The molecule has 0 N–H and O–H groups in total. The third kappa shape index (κ3) is 2.68. The minimum absolute atomic E-state index is 0.212. The number of carboxylic acids is 1. The van der Waals surface area contributed by atoms with Gasteiger partial charge in [0.05, 0.1) is 16.9 Å². The predicted octanol–water partition coefficient (Wildman–Crippen LogP) is 0.861. The van der Waals surface area contributed by atoms with E-state index >= 15 is 0 Å². The summed E-state index contributed by atoms with van der Waals surface area (Å²) in [5.74, 6) is -2.06. The van der Waals surface area contributed by atoms with Gasteiger partial charge >= 0.3 is 0 Å². The summed E-state index contributed by atoms with van der Waals surface area (Å²) < 4.78 is 0. The molecule has 0 radical (unpaired) electrons. The fraction of sp³-hybridized carbons (Fsp3) is 0.154. The first-order valence-corrected chi connectivity index (χ1v) is 6.35. The van der Waals surface area contributed by atoms with Crippen LogP contribution in [-0.2, 0) is 9.59 Å². The van der Waals surface area contributed by atoms with Crippen molar-refractivity contribution in [2.45, 2.75) is 13.0 Å². The maximum Gasteiger partial charge on any atom is 0.294 e. The minimum atomic E-state index is -1.46. The Hall–Kier alpha value is -2.08. The number of benzene rings is 1. The van der Waals surface area contributed by atoms with Crippen LogP contribution in [0.2, 0.25) is 0 Å². The van der Waals surface area contributed by atoms with Crippen molar-refractivity contribution in [3.8, 4) is 0 Å². The molecule has 5 nitrogen and oxygen atoms in total.